The third kappa shape index (κ3) is 4.86. The Balaban J connectivity index is 2.03. The van der Waals surface area contributed by atoms with Crippen LogP contribution in [0.1, 0.15) is 25.8 Å². The van der Waals surface area contributed by atoms with Crippen molar-refractivity contribution in [3.05, 3.63) is 59.7 Å². The van der Waals surface area contributed by atoms with Crippen LogP contribution in [-0.4, -0.2) is 18.4 Å². The number of nitrogens with one attached hydrogen (secondary N) is 1. The molecular formula is C19H20F2N2O2. The number of hydrogen-bond acceptors (Lipinski definition) is 2. The van der Waals surface area contributed by atoms with Gasteiger partial charge in [0.15, 0.2) is 0 Å². The summed E-state index contributed by atoms with van der Waals surface area (Å²) in [7, 11) is 0. The Hall–Kier alpha value is -2.76. The van der Waals surface area contributed by atoms with Crippen LogP contribution < -0.4 is 10.2 Å². The number of aryl methyl sites for hydroxylation is 1. The fourth-order valence-corrected chi connectivity index (χ4v) is 2.43. The van der Waals surface area contributed by atoms with E-state index >= 15 is 0 Å². The van der Waals surface area contributed by atoms with Crippen molar-refractivity contribution in [1.82, 2.24) is 0 Å². The standard InChI is InChI=1S/C19H20F2N2O2/c1-3-14-7-9-15(10-8-14)22-18(25)11-12-23(13(2)24)19-16(20)5-4-6-17(19)21/h4-10H,3,11-12H2,1-2H3,(H,22,25). The van der Waals surface area contributed by atoms with E-state index in [1.54, 1.807) is 12.1 Å². The summed E-state index contributed by atoms with van der Waals surface area (Å²) < 4.78 is 27.7. The highest BCUT2D eigenvalue weighted by Crippen LogP contribution is 2.23. The van der Waals surface area contributed by atoms with Crippen molar-refractivity contribution in [3.8, 4) is 0 Å². The van der Waals surface area contributed by atoms with Gasteiger partial charge >= 0.3 is 0 Å². The lowest BCUT2D eigenvalue weighted by Crippen LogP contribution is -2.33. The van der Waals surface area contributed by atoms with E-state index in [1.165, 1.54) is 13.0 Å². The molecule has 0 aliphatic rings. The summed E-state index contributed by atoms with van der Waals surface area (Å²) >= 11 is 0. The van der Waals surface area contributed by atoms with Crippen LogP contribution in [0.25, 0.3) is 0 Å². The second kappa shape index (κ2) is 8.37. The number of rotatable bonds is 6. The van der Waals surface area contributed by atoms with E-state index in [1.807, 2.05) is 19.1 Å². The Morgan fingerprint density at radius 2 is 1.64 bits per heavy atom. The van der Waals surface area contributed by atoms with Gasteiger partial charge in [0.05, 0.1) is 0 Å². The smallest absolute Gasteiger partial charge is 0.226 e. The lowest BCUT2D eigenvalue weighted by Gasteiger charge is -2.22. The van der Waals surface area contributed by atoms with Crippen LogP contribution in [0.5, 0.6) is 0 Å². The number of carbonyl (C=O) groups excluding carboxylic acids is 2. The molecule has 0 saturated heterocycles. The van der Waals surface area contributed by atoms with Crippen molar-refractivity contribution >= 4 is 23.2 Å². The number of anilines is 2. The molecule has 2 aromatic rings. The number of para-hydroxylation sites is 1. The SMILES string of the molecule is CCc1ccc(NC(=O)CCN(C(C)=O)c2c(F)cccc2F)cc1. The first-order chi connectivity index (χ1) is 11.9. The molecule has 2 aromatic carbocycles. The van der Waals surface area contributed by atoms with Crippen molar-refractivity contribution < 1.29 is 18.4 Å². The maximum absolute atomic E-state index is 13.9. The average Bonchev–Trinajstić information content (AvgIpc) is 2.57. The Labute approximate surface area is 145 Å². The molecule has 0 fully saturated rings. The van der Waals surface area contributed by atoms with Crippen molar-refractivity contribution in [2.75, 3.05) is 16.8 Å². The highest BCUT2D eigenvalue weighted by atomic mass is 19.1. The third-order valence-corrected chi connectivity index (χ3v) is 3.80. The number of hydrogen-bond donors (Lipinski definition) is 1. The molecule has 4 nitrogen and oxygen atoms in total. The summed E-state index contributed by atoms with van der Waals surface area (Å²) in [6, 6.07) is 10.8. The Morgan fingerprint density at radius 3 is 2.16 bits per heavy atom. The topological polar surface area (TPSA) is 49.4 Å². The van der Waals surface area contributed by atoms with E-state index in [-0.39, 0.29) is 18.9 Å². The van der Waals surface area contributed by atoms with Gasteiger partial charge in [-0.3, -0.25) is 9.59 Å². The minimum Gasteiger partial charge on any atom is -0.326 e. The molecule has 2 rings (SSSR count). The molecule has 0 aromatic heterocycles. The minimum atomic E-state index is -0.842. The second-order valence-corrected chi connectivity index (χ2v) is 5.59. The zero-order valence-corrected chi connectivity index (χ0v) is 14.2. The van der Waals surface area contributed by atoms with Crippen LogP contribution >= 0.6 is 0 Å². The van der Waals surface area contributed by atoms with E-state index in [2.05, 4.69) is 5.32 Å². The van der Waals surface area contributed by atoms with E-state index in [0.29, 0.717) is 5.69 Å². The van der Waals surface area contributed by atoms with Gasteiger partial charge in [-0.2, -0.15) is 0 Å². The fourth-order valence-electron chi connectivity index (χ4n) is 2.43. The first kappa shape index (κ1) is 18.6. The quantitative estimate of drug-likeness (QED) is 0.862. The molecule has 25 heavy (non-hydrogen) atoms. The Kier molecular flexibility index (Phi) is 6.22. The Bertz CT molecular complexity index is 740. The van der Waals surface area contributed by atoms with Crippen molar-refractivity contribution in [2.45, 2.75) is 26.7 Å². The maximum Gasteiger partial charge on any atom is 0.226 e. The van der Waals surface area contributed by atoms with Gasteiger partial charge < -0.3 is 10.2 Å². The molecule has 0 heterocycles. The first-order valence-electron chi connectivity index (χ1n) is 8.03. The van der Waals surface area contributed by atoms with Crippen LogP contribution in [0.3, 0.4) is 0 Å². The zero-order valence-electron chi connectivity index (χ0n) is 14.2. The summed E-state index contributed by atoms with van der Waals surface area (Å²) in [5, 5.41) is 2.70. The van der Waals surface area contributed by atoms with Crippen molar-refractivity contribution in [1.29, 1.82) is 0 Å². The van der Waals surface area contributed by atoms with Gasteiger partial charge in [-0.05, 0) is 36.2 Å². The number of carbonyl (C=O) groups is 2. The number of amides is 2. The van der Waals surface area contributed by atoms with Crippen LogP contribution in [0.2, 0.25) is 0 Å². The zero-order chi connectivity index (χ0) is 18.4. The Morgan fingerprint density at radius 1 is 1.04 bits per heavy atom. The molecule has 132 valence electrons. The normalized spacial score (nSPS) is 10.4. The van der Waals surface area contributed by atoms with Gasteiger partial charge in [-0.25, -0.2) is 8.78 Å². The fraction of sp³-hybridized carbons (Fsp3) is 0.263. The molecule has 2 amide bonds. The van der Waals surface area contributed by atoms with E-state index in [4.69, 9.17) is 0 Å². The molecule has 0 saturated carbocycles. The molecule has 0 aliphatic carbocycles. The molecule has 0 radical (unpaired) electrons. The predicted octanol–water partition coefficient (Wildman–Crippen LogP) is 3.91. The molecule has 0 spiro atoms. The van der Waals surface area contributed by atoms with Crippen LogP contribution in [0.15, 0.2) is 42.5 Å². The molecule has 0 aliphatic heterocycles. The summed E-state index contributed by atoms with van der Waals surface area (Å²) in [4.78, 5) is 24.7. The molecule has 6 heteroatoms. The van der Waals surface area contributed by atoms with Crippen LogP contribution in [0.4, 0.5) is 20.2 Å². The molecule has 0 bridgehead atoms. The lowest BCUT2D eigenvalue weighted by atomic mass is 10.1. The van der Waals surface area contributed by atoms with Gasteiger partial charge in [0, 0.05) is 25.6 Å². The van der Waals surface area contributed by atoms with Gasteiger partial charge in [0.2, 0.25) is 11.8 Å². The van der Waals surface area contributed by atoms with Gasteiger partial charge in [-0.1, -0.05) is 25.1 Å². The number of nitrogens with zero attached hydrogens (tertiary/aromatic N) is 1. The first-order valence-corrected chi connectivity index (χ1v) is 8.03. The highest BCUT2D eigenvalue weighted by molar-refractivity contribution is 5.95. The maximum atomic E-state index is 13.9. The minimum absolute atomic E-state index is 0.0805. The van der Waals surface area contributed by atoms with Crippen molar-refractivity contribution in [2.24, 2.45) is 0 Å². The summed E-state index contributed by atoms with van der Waals surface area (Å²) in [6.45, 7) is 3.12. The molecular weight excluding hydrogens is 326 g/mol. The third-order valence-electron chi connectivity index (χ3n) is 3.80. The van der Waals surface area contributed by atoms with Crippen molar-refractivity contribution in [3.63, 3.8) is 0 Å². The molecule has 0 atom stereocenters. The van der Waals surface area contributed by atoms with Crippen LogP contribution in [0, 0.1) is 11.6 Å². The monoisotopic (exact) mass is 346 g/mol. The van der Waals surface area contributed by atoms with E-state index < -0.39 is 23.2 Å². The summed E-state index contributed by atoms with van der Waals surface area (Å²) in [5.41, 5.74) is 1.35. The van der Waals surface area contributed by atoms with Crippen LogP contribution in [-0.2, 0) is 16.0 Å². The highest BCUT2D eigenvalue weighted by Gasteiger charge is 2.20. The number of benzene rings is 2. The summed E-state index contributed by atoms with van der Waals surface area (Å²) in [6.07, 6.45) is 0.818. The second-order valence-electron chi connectivity index (χ2n) is 5.59. The molecule has 1 N–H and O–H groups in total. The van der Waals surface area contributed by atoms with E-state index in [9.17, 15) is 18.4 Å². The van der Waals surface area contributed by atoms with E-state index in [0.717, 1.165) is 29.0 Å². The largest absolute Gasteiger partial charge is 0.326 e. The number of halogens is 2. The summed E-state index contributed by atoms with van der Waals surface area (Å²) in [5.74, 6) is -2.56. The molecule has 0 unspecified atom stereocenters. The predicted molar refractivity (Wildman–Crippen MR) is 93.5 cm³/mol. The average molecular weight is 346 g/mol. The lowest BCUT2D eigenvalue weighted by molar-refractivity contribution is -0.117. The van der Waals surface area contributed by atoms with Gasteiger partial charge in [0.1, 0.15) is 17.3 Å². The van der Waals surface area contributed by atoms with Gasteiger partial charge in [-0.15, -0.1) is 0 Å². The van der Waals surface area contributed by atoms with Gasteiger partial charge in [0.25, 0.3) is 0 Å².